The molecule has 4 heteroatoms. The van der Waals surface area contributed by atoms with E-state index in [0.29, 0.717) is 6.04 Å². The lowest BCUT2D eigenvalue weighted by atomic mass is 10.1. The second kappa shape index (κ2) is 4.49. The van der Waals surface area contributed by atoms with Crippen LogP contribution in [-0.4, -0.2) is 47.2 Å². The first-order chi connectivity index (χ1) is 7.20. The van der Waals surface area contributed by atoms with E-state index in [4.69, 9.17) is 9.94 Å². The van der Waals surface area contributed by atoms with Gasteiger partial charge in [0.2, 0.25) is 0 Å². The first kappa shape index (κ1) is 10.9. The molecule has 2 fully saturated rings. The summed E-state index contributed by atoms with van der Waals surface area (Å²) in [5.74, 6) is 0. The Balaban J connectivity index is 2.03. The molecule has 1 aliphatic carbocycles. The van der Waals surface area contributed by atoms with Crippen LogP contribution in [0.1, 0.15) is 33.1 Å². The molecule has 1 aliphatic heterocycles. The second-order valence-corrected chi connectivity index (χ2v) is 4.71. The van der Waals surface area contributed by atoms with Crippen LogP contribution < -0.4 is 0 Å². The predicted molar refractivity (Wildman–Crippen MR) is 58.4 cm³/mol. The van der Waals surface area contributed by atoms with E-state index in [1.54, 1.807) is 0 Å². The maximum Gasteiger partial charge on any atom is 0.0742 e. The molecular formula is C11H20N2O2. The summed E-state index contributed by atoms with van der Waals surface area (Å²) in [4.78, 5) is 2.40. The Labute approximate surface area is 90.9 Å². The normalized spacial score (nSPS) is 41.2. The highest BCUT2D eigenvalue weighted by Gasteiger charge is 2.33. The van der Waals surface area contributed by atoms with E-state index in [1.807, 2.05) is 0 Å². The van der Waals surface area contributed by atoms with Gasteiger partial charge < -0.3 is 9.94 Å². The van der Waals surface area contributed by atoms with Gasteiger partial charge in [-0.25, -0.2) is 0 Å². The van der Waals surface area contributed by atoms with Gasteiger partial charge in [-0.05, 0) is 33.1 Å². The van der Waals surface area contributed by atoms with Gasteiger partial charge >= 0.3 is 0 Å². The van der Waals surface area contributed by atoms with Crippen LogP contribution in [0.5, 0.6) is 0 Å². The van der Waals surface area contributed by atoms with Gasteiger partial charge in [0, 0.05) is 13.1 Å². The van der Waals surface area contributed by atoms with E-state index in [9.17, 15) is 0 Å². The summed E-state index contributed by atoms with van der Waals surface area (Å²) in [7, 11) is 0. The van der Waals surface area contributed by atoms with Gasteiger partial charge in [-0.15, -0.1) is 0 Å². The van der Waals surface area contributed by atoms with Crippen LogP contribution in [0.2, 0.25) is 0 Å². The molecule has 1 N–H and O–H groups in total. The second-order valence-electron chi connectivity index (χ2n) is 4.71. The third-order valence-corrected chi connectivity index (χ3v) is 3.31. The van der Waals surface area contributed by atoms with Crippen molar-refractivity contribution in [1.29, 1.82) is 0 Å². The lowest BCUT2D eigenvalue weighted by Crippen LogP contribution is -2.51. The fraction of sp³-hybridized carbons (Fsp3) is 0.909. The van der Waals surface area contributed by atoms with Gasteiger partial charge in [0.15, 0.2) is 0 Å². The topological polar surface area (TPSA) is 45.1 Å². The Kier molecular flexibility index (Phi) is 3.26. The average Bonchev–Trinajstić information content (AvgIpc) is 2.63. The van der Waals surface area contributed by atoms with E-state index < -0.39 is 0 Å². The summed E-state index contributed by atoms with van der Waals surface area (Å²) in [6, 6.07) is 0.351. The van der Waals surface area contributed by atoms with Crippen LogP contribution in [0.3, 0.4) is 0 Å². The molecule has 0 aromatic heterocycles. The van der Waals surface area contributed by atoms with Crippen LogP contribution in [0.25, 0.3) is 0 Å². The van der Waals surface area contributed by atoms with Crippen molar-refractivity contribution in [3.05, 3.63) is 0 Å². The maximum absolute atomic E-state index is 8.93. The fourth-order valence-electron chi connectivity index (χ4n) is 2.79. The molecule has 1 saturated carbocycles. The zero-order valence-electron chi connectivity index (χ0n) is 9.52. The highest BCUT2D eigenvalue weighted by atomic mass is 16.5. The van der Waals surface area contributed by atoms with Crippen LogP contribution in [-0.2, 0) is 4.74 Å². The molecule has 0 spiro atoms. The summed E-state index contributed by atoms with van der Waals surface area (Å²) in [6.45, 7) is 6.11. The minimum atomic E-state index is 0.286. The summed E-state index contributed by atoms with van der Waals surface area (Å²) in [5.41, 5.74) is 0.955. The molecule has 1 heterocycles. The average molecular weight is 212 g/mol. The van der Waals surface area contributed by atoms with Crippen LogP contribution in [0.15, 0.2) is 5.16 Å². The van der Waals surface area contributed by atoms with Crippen molar-refractivity contribution < 1.29 is 9.94 Å². The van der Waals surface area contributed by atoms with Crippen molar-refractivity contribution in [2.24, 2.45) is 5.16 Å². The quantitative estimate of drug-likeness (QED) is 0.529. The van der Waals surface area contributed by atoms with E-state index in [1.165, 1.54) is 0 Å². The van der Waals surface area contributed by atoms with Gasteiger partial charge in [0.1, 0.15) is 0 Å². The van der Waals surface area contributed by atoms with E-state index in [0.717, 1.165) is 38.1 Å². The Bertz CT molecular complexity index is 245. The molecule has 1 saturated heterocycles. The van der Waals surface area contributed by atoms with Gasteiger partial charge in [0.05, 0.1) is 24.0 Å². The van der Waals surface area contributed by atoms with Gasteiger partial charge in [0.25, 0.3) is 0 Å². The number of ether oxygens (including phenoxy) is 1. The molecule has 86 valence electrons. The molecule has 0 unspecified atom stereocenters. The zero-order chi connectivity index (χ0) is 10.8. The molecule has 0 aromatic rings. The van der Waals surface area contributed by atoms with Crippen LogP contribution >= 0.6 is 0 Å². The Morgan fingerprint density at radius 2 is 2.00 bits per heavy atom. The number of rotatable bonds is 1. The molecule has 2 rings (SSSR count). The minimum Gasteiger partial charge on any atom is -0.411 e. The number of hydrogen-bond acceptors (Lipinski definition) is 4. The summed E-state index contributed by atoms with van der Waals surface area (Å²) in [6.07, 6.45) is 3.79. The lowest BCUT2D eigenvalue weighted by Gasteiger charge is -2.38. The number of hydrogen-bond donors (Lipinski definition) is 1. The molecule has 3 atom stereocenters. The molecule has 0 aromatic carbocycles. The lowest BCUT2D eigenvalue weighted by molar-refractivity contribution is -0.0733. The van der Waals surface area contributed by atoms with E-state index in [2.05, 4.69) is 23.9 Å². The summed E-state index contributed by atoms with van der Waals surface area (Å²) >= 11 is 0. The standard InChI is InChI=1S/C11H20N2O2/c1-8-6-13(7-9(2)15-8)11-5-3-4-10(11)12-14/h8-9,11,14H,3-7H2,1-2H3/b12-10+/t8-,9-,11-/m1/s1. The van der Waals surface area contributed by atoms with Crippen molar-refractivity contribution in [3.63, 3.8) is 0 Å². The van der Waals surface area contributed by atoms with Crippen molar-refractivity contribution in [2.75, 3.05) is 13.1 Å². The van der Waals surface area contributed by atoms with Crippen LogP contribution in [0.4, 0.5) is 0 Å². The minimum absolute atomic E-state index is 0.286. The Morgan fingerprint density at radius 3 is 2.60 bits per heavy atom. The molecule has 15 heavy (non-hydrogen) atoms. The molecule has 4 nitrogen and oxygen atoms in total. The third kappa shape index (κ3) is 2.32. The van der Waals surface area contributed by atoms with Crippen molar-refractivity contribution >= 4 is 5.71 Å². The van der Waals surface area contributed by atoms with Crippen molar-refractivity contribution in [2.45, 2.75) is 51.4 Å². The third-order valence-electron chi connectivity index (χ3n) is 3.31. The first-order valence-electron chi connectivity index (χ1n) is 5.81. The smallest absolute Gasteiger partial charge is 0.0742 e. The number of morpholine rings is 1. The summed E-state index contributed by atoms with van der Waals surface area (Å²) < 4.78 is 5.70. The van der Waals surface area contributed by atoms with Crippen molar-refractivity contribution in [3.8, 4) is 0 Å². The van der Waals surface area contributed by atoms with Gasteiger partial charge in [-0.3, -0.25) is 4.90 Å². The largest absolute Gasteiger partial charge is 0.411 e. The van der Waals surface area contributed by atoms with E-state index >= 15 is 0 Å². The number of oxime groups is 1. The van der Waals surface area contributed by atoms with Crippen LogP contribution in [0, 0.1) is 0 Å². The van der Waals surface area contributed by atoms with E-state index in [-0.39, 0.29) is 12.2 Å². The van der Waals surface area contributed by atoms with Crippen molar-refractivity contribution in [1.82, 2.24) is 4.90 Å². The van der Waals surface area contributed by atoms with Gasteiger partial charge in [-0.2, -0.15) is 0 Å². The zero-order valence-corrected chi connectivity index (χ0v) is 9.52. The SMILES string of the molecule is C[C@@H]1CN([C@@H]2CCC/C2=N\O)C[C@@H](C)O1. The fourth-order valence-corrected chi connectivity index (χ4v) is 2.79. The molecular weight excluding hydrogens is 192 g/mol. The monoisotopic (exact) mass is 212 g/mol. The maximum atomic E-state index is 8.93. The highest BCUT2D eigenvalue weighted by molar-refractivity contribution is 5.90. The first-order valence-corrected chi connectivity index (χ1v) is 5.81. The molecule has 2 aliphatic rings. The molecule has 0 radical (unpaired) electrons. The molecule has 0 bridgehead atoms. The Morgan fingerprint density at radius 1 is 1.33 bits per heavy atom. The Hall–Kier alpha value is -0.610. The summed E-state index contributed by atoms with van der Waals surface area (Å²) in [5, 5.41) is 12.4. The highest BCUT2D eigenvalue weighted by Crippen LogP contribution is 2.24. The number of nitrogens with zero attached hydrogens (tertiary/aromatic N) is 2. The molecule has 0 amide bonds. The predicted octanol–water partition coefficient (Wildman–Crippen LogP) is 1.48. The van der Waals surface area contributed by atoms with Gasteiger partial charge in [-0.1, -0.05) is 5.16 Å².